The lowest BCUT2D eigenvalue weighted by Crippen LogP contribution is -2.19. The smallest absolute Gasteiger partial charge is 0.229 e. The lowest BCUT2D eigenvalue weighted by Gasteiger charge is -2.14. The lowest BCUT2D eigenvalue weighted by molar-refractivity contribution is 0.607. The van der Waals surface area contributed by atoms with Gasteiger partial charge >= 0.3 is 0 Å². The zero-order valence-electron chi connectivity index (χ0n) is 12.9. The standard InChI is InChI=1S/C17H22N2O2S/c1-14(12-18-13-15-6-4-3-5-7-15)16-8-10-17(11-9-16)19-22(2,20)21/h3-11,14,18-19H,12-13H2,1-2H3. The fourth-order valence-corrected chi connectivity index (χ4v) is 2.80. The Labute approximate surface area is 132 Å². The van der Waals surface area contributed by atoms with Crippen molar-refractivity contribution in [3.05, 3.63) is 65.7 Å². The first kappa shape index (κ1) is 16.5. The molecule has 0 bridgehead atoms. The van der Waals surface area contributed by atoms with Gasteiger partial charge in [-0.3, -0.25) is 4.72 Å². The highest BCUT2D eigenvalue weighted by atomic mass is 32.2. The van der Waals surface area contributed by atoms with Crippen LogP contribution in [0.3, 0.4) is 0 Å². The second-order valence-electron chi connectivity index (χ2n) is 5.51. The van der Waals surface area contributed by atoms with Gasteiger partial charge in [0, 0.05) is 18.8 Å². The Morgan fingerprint density at radius 2 is 1.64 bits per heavy atom. The first-order valence-corrected chi connectivity index (χ1v) is 9.15. The molecule has 0 fully saturated rings. The predicted molar refractivity (Wildman–Crippen MR) is 91.5 cm³/mol. The van der Waals surface area contributed by atoms with Crippen molar-refractivity contribution in [3.63, 3.8) is 0 Å². The average molecular weight is 318 g/mol. The molecular formula is C17H22N2O2S. The van der Waals surface area contributed by atoms with Crippen LogP contribution in [-0.2, 0) is 16.6 Å². The summed E-state index contributed by atoms with van der Waals surface area (Å²) in [5.74, 6) is 0.357. The van der Waals surface area contributed by atoms with Crippen LogP contribution in [0, 0.1) is 0 Å². The molecule has 5 heteroatoms. The molecule has 2 rings (SSSR count). The molecule has 22 heavy (non-hydrogen) atoms. The first-order chi connectivity index (χ1) is 10.4. The van der Waals surface area contributed by atoms with Crippen molar-refractivity contribution in [2.75, 3.05) is 17.5 Å². The molecular weight excluding hydrogens is 296 g/mol. The van der Waals surface area contributed by atoms with Gasteiger partial charge < -0.3 is 5.32 Å². The summed E-state index contributed by atoms with van der Waals surface area (Å²) < 4.78 is 24.8. The second kappa shape index (κ2) is 7.42. The van der Waals surface area contributed by atoms with Crippen LogP contribution in [0.25, 0.3) is 0 Å². The minimum absolute atomic E-state index is 0.357. The van der Waals surface area contributed by atoms with Crippen LogP contribution in [0.4, 0.5) is 5.69 Å². The van der Waals surface area contributed by atoms with Gasteiger partial charge in [-0.2, -0.15) is 0 Å². The fraction of sp³-hybridized carbons (Fsp3) is 0.294. The molecule has 4 nitrogen and oxygen atoms in total. The predicted octanol–water partition coefficient (Wildman–Crippen LogP) is 2.95. The maximum atomic E-state index is 11.2. The zero-order chi connectivity index (χ0) is 16.0. The van der Waals surface area contributed by atoms with E-state index >= 15 is 0 Å². The van der Waals surface area contributed by atoms with Gasteiger partial charge in [-0.15, -0.1) is 0 Å². The first-order valence-electron chi connectivity index (χ1n) is 7.26. The Morgan fingerprint density at radius 3 is 2.23 bits per heavy atom. The molecule has 0 radical (unpaired) electrons. The number of sulfonamides is 1. The summed E-state index contributed by atoms with van der Waals surface area (Å²) in [5.41, 5.74) is 3.04. The molecule has 0 spiro atoms. The molecule has 1 unspecified atom stereocenters. The third kappa shape index (κ3) is 5.50. The van der Waals surface area contributed by atoms with Crippen LogP contribution in [0.2, 0.25) is 0 Å². The number of nitrogens with one attached hydrogen (secondary N) is 2. The quantitative estimate of drug-likeness (QED) is 0.825. The summed E-state index contributed by atoms with van der Waals surface area (Å²) in [6.07, 6.45) is 1.15. The van der Waals surface area contributed by atoms with Crippen LogP contribution in [0.1, 0.15) is 24.0 Å². The largest absolute Gasteiger partial charge is 0.312 e. The van der Waals surface area contributed by atoms with Gasteiger partial charge in [0.15, 0.2) is 0 Å². The number of hydrogen-bond donors (Lipinski definition) is 2. The molecule has 0 aliphatic heterocycles. The van der Waals surface area contributed by atoms with Crippen molar-refractivity contribution in [1.82, 2.24) is 5.32 Å². The third-order valence-electron chi connectivity index (χ3n) is 3.41. The van der Waals surface area contributed by atoms with Gasteiger partial charge in [0.25, 0.3) is 0 Å². The molecule has 2 aromatic rings. The summed E-state index contributed by atoms with van der Waals surface area (Å²) in [7, 11) is -3.22. The van der Waals surface area contributed by atoms with Crippen molar-refractivity contribution >= 4 is 15.7 Å². The van der Waals surface area contributed by atoms with E-state index in [2.05, 4.69) is 29.1 Å². The average Bonchev–Trinajstić information content (AvgIpc) is 2.47. The highest BCUT2D eigenvalue weighted by molar-refractivity contribution is 7.92. The zero-order valence-corrected chi connectivity index (χ0v) is 13.7. The van der Waals surface area contributed by atoms with Gasteiger partial charge in [0.2, 0.25) is 10.0 Å². The van der Waals surface area contributed by atoms with E-state index in [4.69, 9.17) is 0 Å². The van der Waals surface area contributed by atoms with Gasteiger partial charge in [0.1, 0.15) is 0 Å². The van der Waals surface area contributed by atoms with Crippen LogP contribution >= 0.6 is 0 Å². The van der Waals surface area contributed by atoms with E-state index in [9.17, 15) is 8.42 Å². The van der Waals surface area contributed by atoms with Crippen molar-refractivity contribution in [2.45, 2.75) is 19.4 Å². The minimum atomic E-state index is -3.22. The molecule has 0 saturated heterocycles. The third-order valence-corrected chi connectivity index (χ3v) is 4.01. The van der Waals surface area contributed by atoms with E-state index in [0.29, 0.717) is 11.6 Å². The fourth-order valence-electron chi connectivity index (χ4n) is 2.24. The van der Waals surface area contributed by atoms with Crippen molar-refractivity contribution < 1.29 is 8.42 Å². The number of hydrogen-bond acceptors (Lipinski definition) is 3. The molecule has 0 amide bonds. The molecule has 1 atom stereocenters. The highest BCUT2D eigenvalue weighted by Gasteiger charge is 2.06. The highest BCUT2D eigenvalue weighted by Crippen LogP contribution is 2.18. The monoisotopic (exact) mass is 318 g/mol. The van der Waals surface area contributed by atoms with E-state index in [-0.39, 0.29) is 0 Å². The molecule has 0 saturated carbocycles. The molecule has 118 valence electrons. The summed E-state index contributed by atoms with van der Waals surface area (Å²) in [6, 6.07) is 17.8. The van der Waals surface area contributed by atoms with Crippen LogP contribution in [-0.4, -0.2) is 21.2 Å². The van der Waals surface area contributed by atoms with Gasteiger partial charge in [0.05, 0.1) is 6.26 Å². The number of rotatable bonds is 7. The number of anilines is 1. The Balaban J connectivity index is 1.86. The SMILES string of the molecule is CC(CNCc1ccccc1)c1ccc(NS(C)(=O)=O)cc1. The summed E-state index contributed by atoms with van der Waals surface area (Å²) >= 11 is 0. The van der Waals surface area contributed by atoms with Crippen LogP contribution in [0.15, 0.2) is 54.6 Å². The maximum Gasteiger partial charge on any atom is 0.229 e. The summed E-state index contributed by atoms with van der Waals surface area (Å²) in [6.45, 7) is 3.86. The molecule has 0 aromatic heterocycles. The second-order valence-corrected chi connectivity index (χ2v) is 7.26. The Morgan fingerprint density at radius 1 is 1.00 bits per heavy atom. The van der Waals surface area contributed by atoms with E-state index < -0.39 is 10.0 Å². The van der Waals surface area contributed by atoms with Crippen molar-refractivity contribution in [1.29, 1.82) is 0 Å². The van der Waals surface area contributed by atoms with E-state index in [1.165, 1.54) is 11.1 Å². The lowest BCUT2D eigenvalue weighted by atomic mass is 10.0. The molecule has 0 aliphatic carbocycles. The number of benzene rings is 2. The maximum absolute atomic E-state index is 11.2. The van der Waals surface area contributed by atoms with Crippen LogP contribution in [0.5, 0.6) is 0 Å². The van der Waals surface area contributed by atoms with Crippen molar-refractivity contribution in [3.8, 4) is 0 Å². The van der Waals surface area contributed by atoms with Crippen molar-refractivity contribution in [2.24, 2.45) is 0 Å². The Hall–Kier alpha value is -1.85. The molecule has 2 aromatic carbocycles. The summed E-state index contributed by atoms with van der Waals surface area (Å²) in [4.78, 5) is 0. The van der Waals surface area contributed by atoms with Crippen LogP contribution < -0.4 is 10.0 Å². The van der Waals surface area contributed by atoms with Gasteiger partial charge in [-0.1, -0.05) is 49.4 Å². The van der Waals surface area contributed by atoms with Gasteiger partial charge in [-0.25, -0.2) is 8.42 Å². The normalized spacial score (nSPS) is 12.8. The topological polar surface area (TPSA) is 58.2 Å². The van der Waals surface area contributed by atoms with Gasteiger partial charge in [-0.05, 0) is 29.2 Å². The minimum Gasteiger partial charge on any atom is -0.312 e. The Kier molecular flexibility index (Phi) is 5.57. The summed E-state index contributed by atoms with van der Waals surface area (Å²) in [5, 5.41) is 3.44. The molecule has 2 N–H and O–H groups in total. The van der Waals surface area contributed by atoms with E-state index in [0.717, 1.165) is 19.3 Å². The molecule has 0 heterocycles. The molecule has 0 aliphatic rings. The van der Waals surface area contributed by atoms with E-state index in [1.807, 2.05) is 30.3 Å². The Bertz CT molecular complexity index is 682. The van der Waals surface area contributed by atoms with E-state index in [1.54, 1.807) is 12.1 Å².